The second-order valence-electron chi connectivity index (χ2n) is 8.28. The molecule has 4 aromatic rings. The fourth-order valence-corrected chi connectivity index (χ4v) is 4.16. The summed E-state index contributed by atoms with van der Waals surface area (Å²) in [5.41, 5.74) is 2.66. The van der Waals surface area contributed by atoms with Gasteiger partial charge in [0.25, 0.3) is 0 Å². The summed E-state index contributed by atoms with van der Waals surface area (Å²) in [5.74, 6) is 0.543. The Balaban J connectivity index is 1.31. The molecular weight excluding hydrogens is 445 g/mol. The second kappa shape index (κ2) is 9.00. The predicted octanol–water partition coefficient (Wildman–Crippen LogP) is 5.13. The fourth-order valence-electron chi connectivity index (χ4n) is 4.16. The minimum Gasteiger partial charge on any atom is -0.392 e. The van der Waals surface area contributed by atoms with E-state index in [1.54, 1.807) is 6.20 Å². The fraction of sp³-hybridized carbons (Fsp3) is 0.240. The molecule has 6 nitrogen and oxygen atoms in total. The Kier molecular flexibility index (Phi) is 5.89. The molecule has 2 aromatic carbocycles. The third-order valence-electron chi connectivity index (χ3n) is 5.88. The minimum absolute atomic E-state index is 0.213. The molecule has 2 atom stereocenters. The summed E-state index contributed by atoms with van der Waals surface area (Å²) in [5, 5.41) is 14.2. The van der Waals surface area contributed by atoms with E-state index in [1.165, 1.54) is 12.1 Å². The number of aromatic nitrogens is 3. The van der Waals surface area contributed by atoms with Crippen LogP contribution >= 0.6 is 0 Å². The highest BCUT2D eigenvalue weighted by Gasteiger charge is 2.36. The molecule has 9 heteroatoms. The smallest absolute Gasteiger partial charge is 0.392 e. The molecule has 3 heterocycles. The summed E-state index contributed by atoms with van der Waals surface area (Å²) < 4.78 is 43.9. The number of hydrogen-bond acceptors (Lipinski definition) is 6. The zero-order chi connectivity index (χ0) is 23.7. The quantitative estimate of drug-likeness (QED) is 0.440. The van der Waals surface area contributed by atoms with Gasteiger partial charge in [0.15, 0.2) is 0 Å². The molecule has 0 bridgehead atoms. The van der Waals surface area contributed by atoms with Gasteiger partial charge in [0, 0.05) is 30.4 Å². The van der Waals surface area contributed by atoms with E-state index in [0.717, 1.165) is 29.0 Å². The lowest BCUT2D eigenvalue weighted by Crippen LogP contribution is -2.24. The summed E-state index contributed by atoms with van der Waals surface area (Å²) in [4.78, 5) is 10.8. The highest BCUT2D eigenvalue weighted by Crippen LogP contribution is 2.34. The molecule has 1 aliphatic heterocycles. The van der Waals surface area contributed by atoms with Gasteiger partial charge in [0.05, 0.1) is 23.4 Å². The van der Waals surface area contributed by atoms with Gasteiger partial charge in [0.2, 0.25) is 11.7 Å². The summed E-state index contributed by atoms with van der Waals surface area (Å²) in [6, 6.07) is 18.2. The number of aliphatic hydroxyl groups excluding tert-OH is 1. The maximum Gasteiger partial charge on any atom is 0.416 e. The monoisotopic (exact) mass is 466 g/mol. The van der Waals surface area contributed by atoms with Crippen molar-refractivity contribution in [2.24, 2.45) is 0 Å². The van der Waals surface area contributed by atoms with Gasteiger partial charge in [-0.15, -0.1) is 0 Å². The van der Waals surface area contributed by atoms with E-state index in [-0.39, 0.29) is 11.9 Å². The lowest BCUT2D eigenvalue weighted by molar-refractivity contribution is -0.137. The van der Waals surface area contributed by atoms with Crippen LogP contribution in [0.2, 0.25) is 0 Å². The van der Waals surface area contributed by atoms with Crippen LogP contribution in [0.15, 0.2) is 77.4 Å². The summed E-state index contributed by atoms with van der Waals surface area (Å²) in [7, 11) is 0. The van der Waals surface area contributed by atoms with E-state index in [4.69, 9.17) is 4.52 Å². The van der Waals surface area contributed by atoms with Crippen LogP contribution in [0.4, 0.5) is 13.2 Å². The Bertz CT molecular complexity index is 1240. The van der Waals surface area contributed by atoms with E-state index in [0.29, 0.717) is 31.0 Å². The first-order chi connectivity index (χ1) is 16.4. The molecule has 0 radical (unpaired) electrons. The number of pyridine rings is 1. The SMILES string of the molecule is O[C@@H]1C[C@@H](c2nc(-c3ccc(C(F)(F)F)cc3)no2)N(Cc2ccc(-c3ccccn3)cc2)C1. The minimum atomic E-state index is -4.41. The van der Waals surface area contributed by atoms with Crippen molar-refractivity contribution in [1.82, 2.24) is 20.0 Å². The highest BCUT2D eigenvalue weighted by molar-refractivity contribution is 5.59. The average Bonchev–Trinajstić information content (AvgIpc) is 3.46. The third kappa shape index (κ3) is 4.71. The van der Waals surface area contributed by atoms with Crippen molar-refractivity contribution in [2.45, 2.75) is 31.3 Å². The van der Waals surface area contributed by atoms with Crippen LogP contribution in [0.25, 0.3) is 22.6 Å². The first-order valence-corrected chi connectivity index (χ1v) is 10.8. The van der Waals surface area contributed by atoms with Crippen molar-refractivity contribution in [2.75, 3.05) is 6.54 Å². The zero-order valence-electron chi connectivity index (χ0n) is 18.0. The molecule has 0 saturated carbocycles. The number of benzene rings is 2. The largest absolute Gasteiger partial charge is 0.416 e. The molecule has 0 unspecified atom stereocenters. The molecule has 0 amide bonds. The predicted molar refractivity (Wildman–Crippen MR) is 118 cm³/mol. The topological polar surface area (TPSA) is 75.3 Å². The van der Waals surface area contributed by atoms with E-state index in [1.807, 2.05) is 42.5 Å². The number of β-amino-alcohol motifs (C(OH)–C–C–N with tert-alkyl or cyclic N) is 1. The van der Waals surface area contributed by atoms with Crippen LogP contribution in [0.1, 0.15) is 29.5 Å². The van der Waals surface area contributed by atoms with Gasteiger partial charge in [-0.3, -0.25) is 9.88 Å². The van der Waals surface area contributed by atoms with Crippen LogP contribution in [0, 0.1) is 0 Å². The van der Waals surface area contributed by atoms with Crippen molar-refractivity contribution in [3.05, 3.63) is 89.9 Å². The first kappa shape index (κ1) is 22.2. The Labute approximate surface area is 193 Å². The van der Waals surface area contributed by atoms with E-state index in [9.17, 15) is 18.3 Å². The Morgan fingerprint density at radius 1 is 0.971 bits per heavy atom. The van der Waals surface area contributed by atoms with Crippen LogP contribution in [0.5, 0.6) is 0 Å². The van der Waals surface area contributed by atoms with Crippen LogP contribution in [-0.2, 0) is 12.7 Å². The Hall–Kier alpha value is -3.56. The van der Waals surface area contributed by atoms with Crippen molar-refractivity contribution >= 4 is 0 Å². The normalized spacial score (nSPS) is 18.9. The Morgan fingerprint density at radius 3 is 2.38 bits per heavy atom. The number of hydrogen-bond donors (Lipinski definition) is 1. The molecule has 1 N–H and O–H groups in total. The Morgan fingerprint density at radius 2 is 1.71 bits per heavy atom. The summed E-state index contributed by atoms with van der Waals surface area (Å²) in [6.07, 6.45) is -2.76. The first-order valence-electron chi connectivity index (χ1n) is 10.8. The molecular formula is C25H21F3N4O2. The molecule has 0 spiro atoms. The number of aliphatic hydroxyl groups is 1. The molecule has 1 aliphatic rings. The number of nitrogens with zero attached hydrogens (tertiary/aromatic N) is 4. The number of rotatable bonds is 5. The number of halogens is 3. The second-order valence-corrected chi connectivity index (χ2v) is 8.28. The van der Waals surface area contributed by atoms with Crippen molar-refractivity contribution < 1.29 is 22.8 Å². The maximum absolute atomic E-state index is 12.8. The van der Waals surface area contributed by atoms with E-state index in [2.05, 4.69) is 20.0 Å². The molecule has 0 aliphatic carbocycles. The van der Waals surface area contributed by atoms with Crippen molar-refractivity contribution in [1.29, 1.82) is 0 Å². The molecule has 174 valence electrons. The lowest BCUT2D eigenvalue weighted by atomic mass is 10.1. The van der Waals surface area contributed by atoms with Gasteiger partial charge in [-0.1, -0.05) is 47.6 Å². The molecule has 1 fully saturated rings. The maximum atomic E-state index is 12.8. The standard InChI is InChI=1S/C25H21F3N4O2/c26-25(27,28)19-10-8-18(9-11-19)23-30-24(34-31-23)22-13-20(33)15-32(22)14-16-4-6-17(7-5-16)21-3-1-2-12-29-21/h1-12,20,22,33H,13-15H2/t20-,22+/m1/s1. The summed E-state index contributed by atoms with van der Waals surface area (Å²) in [6.45, 7) is 1.02. The highest BCUT2D eigenvalue weighted by atomic mass is 19.4. The van der Waals surface area contributed by atoms with E-state index < -0.39 is 17.8 Å². The van der Waals surface area contributed by atoms with E-state index >= 15 is 0 Å². The third-order valence-corrected chi connectivity index (χ3v) is 5.88. The summed E-state index contributed by atoms with van der Waals surface area (Å²) >= 11 is 0. The van der Waals surface area contributed by atoms with Crippen LogP contribution in [0.3, 0.4) is 0 Å². The molecule has 2 aromatic heterocycles. The van der Waals surface area contributed by atoms with Gasteiger partial charge in [-0.05, 0) is 36.2 Å². The number of likely N-dealkylation sites (tertiary alicyclic amines) is 1. The molecule has 1 saturated heterocycles. The van der Waals surface area contributed by atoms with Gasteiger partial charge in [-0.25, -0.2) is 0 Å². The van der Waals surface area contributed by atoms with Crippen LogP contribution in [-0.4, -0.2) is 37.8 Å². The number of alkyl halides is 3. The lowest BCUT2D eigenvalue weighted by Gasteiger charge is -2.21. The average molecular weight is 466 g/mol. The van der Waals surface area contributed by atoms with Gasteiger partial charge < -0.3 is 9.63 Å². The molecule has 5 rings (SSSR count). The van der Waals surface area contributed by atoms with Crippen molar-refractivity contribution in [3.8, 4) is 22.6 Å². The van der Waals surface area contributed by atoms with Gasteiger partial charge >= 0.3 is 6.18 Å². The zero-order valence-corrected chi connectivity index (χ0v) is 18.0. The van der Waals surface area contributed by atoms with Gasteiger partial charge in [0.1, 0.15) is 0 Å². The molecule has 34 heavy (non-hydrogen) atoms. The van der Waals surface area contributed by atoms with Gasteiger partial charge in [-0.2, -0.15) is 18.2 Å². The van der Waals surface area contributed by atoms with Crippen molar-refractivity contribution in [3.63, 3.8) is 0 Å². The van der Waals surface area contributed by atoms with Crippen LogP contribution < -0.4 is 0 Å².